The van der Waals surface area contributed by atoms with Crippen molar-refractivity contribution in [2.24, 2.45) is 0 Å². The predicted octanol–water partition coefficient (Wildman–Crippen LogP) is 8.97. The summed E-state index contributed by atoms with van der Waals surface area (Å²) in [7, 11) is 1.55. The maximum absolute atomic E-state index is 15.4. The van der Waals surface area contributed by atoms with Crippen LogP contribution in [0.4, 0.5) is 93.5 Å². The molecule has 25 heteroatoms. The molecule has 0 radical (unpaired) electrons. The summed E-state index contributed by atoms with van der Waals surface area (Å²) in [6.07, 6.45) is -5.57. The minimum atomic E-state index is -7.22. The predicted molar refractivity (Wildman–Crippen MR) is 198 cm³/mol. The molecule has 6 rings (SSSR count). The quantitative estimate of drug-likeness (QED) is 0.0363. The van der Waals surface area contributed by atoms with Crippen LogP contribution in [0.25, 0.3) is 0 Å². The van der Waals surface area contributed by atoms with Gasteiger partial charge in [-0.2, -0.15) is 0 Å². The van der Waals surface area contributed by atoms with Crippen LogP contribution in [-0.4, -0.2) is 38.0 Å². The summed E-state index contributed by atoms with van der Waals surface area (Å²) in [5, 5.41) is 0. The Bertz CT molecular complexity index is 2610. The topological polar surface area (TPSA) is 37.4 Å². The van der Waals surface area contributed by atoms with Crippen molar-refractivity contribution >= 4 is 49.4 Å². The van der Waals surface area contributed by atoms with Crippen LogP contribution in [0.1, 0.15) is 10.4 Å². The van der Waals surface area contributed by atoms with E-state index in [0.717, 1.165) is 10.6 Å². The molecule has 0 bridgehead atoms. The van der Waals surface area contributed by atoms with Crippen molar-refractivity contribution in [1.82, 2.24) is 0 Å². The van der Waals surface area contributed by atoms with E-state index >= 15 is 35.1 Å². The lowest BCUT2D eigenvalue weighted by Gasteiger charge is -2.44. The molecule has 1 unspecified atom stereocenters. The zero-order valence-electron chi connectivity index (χ0n) is 32.7. The Morgan fingerprint density at radius 1 is 0.409 bits per heavy atom. The van der Waals surface area contributed by atoms with Gasteiger partial charge in [0.25, 0.3) is 0 Å². The number of Topliss-reactive ketones (excluding diaryl/α,β-unsaturated/α-hetero) is 1. The second kappa shape index (κ2) is 18.5. The van der Waals surface area contributed by atoms with E-state index in [4.69, 9.17) is 0 Å². The fourth-order valence-corrected chi connectivity index (χ4v) is 8.51. The fourth-order valence-electron chi connectivity index (χ4n) is 6.94. The molecule has 0 heterocycles. The highest BCUT2D eigenvalue weighted by atomic mass is 32.2. The number of nitrogens with zero attached hydrogens (tertiary/aromatic N) is 1. The summed E-state index contributed by atoms with van der Waals surface area (Å²) in [6, 6.07) is 16.6. The van der Waals surface area contributed by atoms with E-state index in [1.807, 2.05) is 61.5 Å². The van der Waals surface area contributed by atoms with E-state index in [1.54, 1.807) is 18.4 Å². The van der Waals surface area contributed by atoms with Gasteiger partial charge in [-0.3, -0.25) is 4.79 Å². The molecule has 0 amide bonds. The van der Waals surface area contributed by atoms with E-state index in [0.29, 0.717) is 5.56 Å². The number of anilines is 1. The average Bonchev–Trinajstić information content (AvgIpc) is 3.29. The van der Waals surface area contributed by atoms with Crippen LogP contribution in [0, 0.1) is 116 Å². The molecular formula is C41H20BF20NO2S. The zero-order valence-corrected chi connectivity index (χ0v) is 33.5. The van der Waals surface area contributed by atoms with Gasteiger partial charge in [0.05, 0.1) is 0 Å². The number of ketones is 1. The Kier molecular flexibility index (Phi) is 14.2. The number of halogens is 20. The van der Waals surface area contributed by atoms with E-state index in [9.17, 15) is 61.7 Å². The molecule has 0 saturated heterocycles. The number of carbonyl (C=O) groups is 1. The lowest BCUT2D eigenvalue weighted by molar-refractivity contribution is 0.102. The second-order valence-electron chi connectivity index (χ2n) is 14.1. The molecule has 0 aromatic heterocycles. The summed E-state index contributed by atoms with van der Waals surface area (Å²) in [5.74, 6) is -71.5. The molecule has 0 aliphatic rings. The third kappa shape index (κ3) is 8.14. The molecule has 0 saturated carbocycles. The fraction of sp³-hybridized carbons (Fsp3) is 0.0976. The lowest BCUT2D eigenvalue weighted by atomic mass is 9.12. The summed E-state index contributed by atoms with van der Waals surface area (Å²) < 4.78 is 307. The number of rotatable bonds is 9. The van der Waals surface area contributed by atoms with Crippen LogP contribution in [0.2, 0.25) is 0 Å². The van der Waals surface area contributed by atoms with Crippen molar-refractivity contribution < 1.29 is 96.8 Å². The number of benzene rings is 6. The molecule has 6 aromatic rings. The average molecular weight is 981 g/mol. The first-order valence-corrected chi connectivity index (χ1v) is 19.8. The Morgan fingerprint density at radius 3 is 0.894 bits per heavy atom. The smallest absolute Gasteiger partial charge is 0.212 e. The van der Waals surface area contributed by atoms with E-state index in [1.165, 1.54) is 0 Å². The highest BCUT2D eigenvalue weighted by molar-refractivity contribution is 8.03. The van der Waals surface area contributed by atoms with Gasteiger partial charge < -0.3 is 4.90 Å². The molecular weight excluding hydrogens is 961 g/mol. The van der Waals surface area contributed by atoms with Gasteiger partial charge in [0.2, 0.25) is 5.78 Å². The van der Waals surface area contributed by atoms with Crippen molar-refractivity contribution in [2.45, 2.75) is 4.90 Å². The molecule has 0 N–H and O–H groups in total. The summed E-state index contributed by atoms with van der Waals surface area (Å²) in [6.45, 7) is 0. The van der Waals surface area contributed by atoms with Gasteiger partial charge in [-0.25, -0.2) is 87.8 Å². The number of hydrogen-bond donors (Lipinski definition) is 0. The van der Waals surface area contributed by atoms with E-state index < -0.39 is 154 Å². The van der Waals surface area contributed by atoms with Crippen LogP contribution in [0.3, 0.4) is 0 Å². The van der Waals surface area contributed by atoms with E-state index in [2.05, 4.69) is 0 Å². The first kappa shape index (κ1) is 50.6. The lowest BCUT2D eigenvalue weighted by Crippen LogP contribution is -2.81. The summed E-state index contributed by atoms with van der Waals surface area (Å²) in [4.78, 5) is 15.0. The molecule has 6 aromatic carbocycles. The van der Waals surface area contributed by atoms with Crippen molar-refractivity contribution in [1.29, 1.82) is 0 Å². The van der Waals surface area contributed by atoms with Gasteiger partial charge in [-0.05, 0) is 36.4 Å². The van der Waals surface area contributed by atoms with Gasteiger partial charge in [-0.15, -0.1) is 21.9 Å². The standard InChI is InChI=1S/C24BF20.C17H20NO2S/c26-5-1(6(27)14(35)21(42)13(5)34)25(2-7(28)15(36)22(43)16(37)8(2)29,3-9(30)17(38)23(44)18(39)10(3)31)4-11(32)19(40)24(45)20(41)12(4)33;1-18(2)15-11-9-14(10-12-15)17(19)13-21(3,20)16-7-5-4-6-8-16/h;4-12H,13H2,1-3H3/q-1;+1. The maximum atomic E-state index is 15.4. The van der Waals surface area contributed by atoms with Gasteiger partial charge in [0.1, 0.15) is 68.9 Å². The highest BCUT2D eigenvalue weighted by Crippen LogP contribution is 2.31. The largest absolute Gasteiger partial charge is 0.378 e. The zero-order chi connectivity index (χ0) is 49.8. The highest BCUT2D eigenvalue weighted by Gasteiger charge is 2.52. The van der Waals surface area contributed by atoms with Gasteiger partial charge in [0.15, 0.2) is 80.5 Å². The molecule has 0 aliphatic carbocycles. The van der Waals surface area contributed by atoms with Crippen molar-refractivity contribution in [3.63, 3.8) is 0 Å². The van der Waals surface area contributed by atoms with Crippen LogP contribution in [-0.2, 0) is 14.1 Å². The molecule has 3 nitrogen and oxygen atoms in total. The van der Waals surface area contributed by atoms with Crippen molar-refractivity contribution in [2.75, 3.05) is 31.0 Å². The van der Waals surface area contributed by atoms with Crippen molar-refractivity contribution in [3.8, 4) is 0 Å². The van der Waals surface area contributed by atoms with Crippen LogP contribution < -0.4 is 26.8 Å². The molecule has 0 spiro atoms. The van der Waals surface area contributed by atoms with Gasteiger partial charge in [0, 0.05) is 25.3 Å². The second-order valence-corrected chi connectivity index (χ2v) is 16.9. The molecule has 0 fully saturated rings. The monoisotopic (exact) mass is 981 g/mol. The SMILES string of the molecule is CN(C)c1ccc(C(=O)C[S+](C)(=O)c2ccccc2)cc1.Fc1c(F)c(F)c([B-](c2c(F)c(F)c(F)c(F)c2F)(c2c(F)c(F)c(F)c(F)c2F)c2c(F)c(F)c(F)c(F)c2F)c(F)c1F. The normalized spacial score (nSPS) is 12.5. The van der Waals surface area contributed by atoms with E-state index in [-0.39, 0.29) is 11.5 Å². The molecule has 1 atom stereocenters. The van der Waals surface area contributed by atoms with Crippen LogP contribution in [0.15, 0.2) is 59.5 Å². The first-order chi connectivity index (χ1) is 30.6. The Labute approximate surface area is 358 Å². The minimum absolute atomic E-state index is 0.0400. The van der Waals surface area contributed by atoms with Gasteiger partial charge >= 0.3 is 0 Å². The maximum Gasteiger partial charge on any atom is 0.212 e. The first-order valence-electron chi connectivity index (χ1n) is 17.7. The summed E-state index contributed by atoms with van der Waals surface area (Å²) >= 11 is 0. The Balaban J connectivity index is 0.000000324. The van der Waals surface area contributed by atoms with Crippen LogP contribution in [0.5, 0.6) is 0 Å². The third-order valence-corrected chi connectivity index (χ3v) is 12.1. The molecule has 0 aliphatic heterocycles. The minimum Gasteiger partial charge on any atom is -0.378 e. The molecule has 350 valence electrons. The Morgan fingerprint density at radius 2 is 0.652 bits per heavy atom. The van der Waals surface area contributed by atoms with Crippen LogP contribution >= 0.6 is 0 Å². The number of hydrogen-bond acceptors (Lipinski definition) is 3. The van der Waals surface area contributed by atoms with Crippen molar-refractivity contribution in [3.05, 3.63) is 177 Å². The number of carbonyl (C=O) groups excluding carboxylic acids is 1. The van der Waals surface area contributed by atoms with Gasteiger partial charge in [-0.1, -0.05) is 22.4 Å². The summed E-state index contributed by atoms with van der Waals surface area (Å²) in [5.41, 5.74) is -12.7. The molecule has 66 heavy (non-hydrogen) atoms. The Hall–Kier alpha value is -6.40. The third-order valence-electron chi connectivity index (χ3n) is 10.1.